The summed E-state index contributed by atoms with van der Waals surface area (Å²) in [5.41, 5.74) is -0.417. The Morgan fingerprint density at radius 3 is 2.06 bits per heavy atom. The van der Waals surface area contributed by atoms with Crippen LogP contribution in [0.15, 0.2) is 95.9 Å². The minimum Gasteiger partial charge on any atom is -0.358 e. The first kappa shape index (κ1) is 20.4. The van der Waals surface area contributed by atoms with Crippen molar-refractivity contribution in [2.75, 3.05) is 13.3 Å². The molecule has 2 saturated heterocycles. The topological polar surface area (TPSA) is 84.0 Å². The number of rotatable bonds is 4. The van der Waals surface area contributed by atoms with Gasteiger partial charge in [0.15, 0.2) is 5.54 Å². The smallest absolute Gasteiger partial charge is 0.268 e. The minimum atomic E-state index is -4.14. The average Bonchev–Trinajstić information content (AvgIpc) is 3.31. The second-order valence-corrected chi connectivity index (χ2v) is 9.55. The lowest BCUT2D eigenvalue weighted by Crippen LogP contribution is -2.76. The number of ether oxygens (including phenoxy) is 1. The van der Waals surface area contributed by atoms with Crippen molar-refractivity contribution in [1.29, 1.82) is 0 Å². The maximum atomic E-state index is 13.6. The van der Waals surface area contributed by atoms with Crippen molar-refractivity contribution >= 4 is 21.8 Å². The Morgan fingerprint density at radius 1 is 0.875 bits per heavy atom. The van der Waals surface area contributed by atoms with E-state index in [0.29, 0.717) is 11.1 Å². The highest BCUT2D eigenvalue weighted by molar-refractivity contribution is 7.89. The third-order valence-corrected chi connectivity index (χ3v) is 7.73. The van der Waals surface area contributed by atoms with E-state index in [1.54, 1.807) is 72.8 Å². The summed E-state index contributed by atoms with van der Waals surface area (Å²) in [6.45, 7) is -0.174. The van der Waals surface area contributed by atoms with Crippen LogP contribution in [0.2, 0.25) is 0 Å². The molecule has 2 amide bonds. The lowest BCUT2D eigenvalue weighted by Gasteiger charge is -2.55. The summed E-state index contributed by atoms with van der Waals surface area (Å²) in [6, 6.07) is 24.4. The van der Waals surface area contributed by atoms with Crippen LogP contribution in [0.4, 0.5) is 0 Å². The molecule has 0 radical (unpaired) electrons. The van der Waals surface area contributed by atoms with Crippen LogP contribution in [0.1, 0.15) is 22.0 Å². The van der Waals surface area contributed by atoms with E-state index in [9.17, 15) is 18.0 Å². The van der Waals surface area contributed by atoms with Crippen molar-refractivity contribution in [2.45, 2.75) is 16.5 Å². The minimum absolute atomic E-state index is 0.0176. The molecule has 7 nitrogen and oxygen atoms in total. The van der Waals surface area contributed by atoms with Crippen molar-refractivity contribution in [2.24, 2.45) is 0 Å². The lowest BCUT2D eigenvalue weighted by atomic mass is 9.76. The first-order valence-corrected chi connectivity index (χ1v) is 11.6. The van der Waals surface area contributed by atoms with Crippen molar-refractivity contribution in [3.05, 3.63) is 102 Å². The molecule has 2 heterocycles. The van der Waals surface area contributed by atoms with Crippen LogP contribution in [-0.2, 0) is 19.6 Å². The molecular formula is C24H20N2O5S. The van der Waals surface area contributed by atoms with Crippen LogP contribution in [0, 0.1) is 0 Å². The van der Waals surface area contributed by atoms with Crippen LogP contribution in [0.25, 0.3) is 0 Å². The van der Waals surface area contributed by atoms with Gasteiger partial charge in [0.1, 0.15) is 12.8 Å². The number of hydrogen-bond acceptors (Lipinski definition) is 5. The molecule has 0 unspecified atom stereocenters. The Balaban J connectivity index is 1.63. The van der Waals surface area contributed by atoms with Gasteiger partial charge >= 0.3 is 0 Å². The molecule has 8 heteroatoms. The predicted molar refractivity (Wildman–Crippen MR) is 116 cm³/mol. The van der Waals surface area contributed by atoms with Gasteiger partial charge in [0.05, 0.1) is 11.5 Å². The van der Waals surface area contributed by atoms with Crippen LogP contribution in [0.5, 0.6) is 0 Å². The van der Waals surface area contributed by atoms with Crippen LogP contribution >= 0.6 is 0 Å². The number of benzene rings is 3. The first-order valence-electron chi connectivity index (χ1n) is 10.1. The number of carbonyl (C=O) groups is 2. The second-order valence-electron chi connectivity index (χ2n) is 7.73. The molecular weight excluding hydrogens is 428 g/mol. The second kappa shape index (κ2) is 7.58. The van der Waals surface area contributed by atoms with Gasteiger partial charge in [-0.25, -0.2) is 12.7 Å². The summed E-state index contributed by atoms with van der Waals surface area (Å²) in [4.78, 5) is 28.3. The van der Waals surface area contributed by atoms with Gasteiger partial charge in [-0.2, -0.15) is 0 Å². The molecule has 2 aliphatic rings. The summed E-state index contributed by atoms with van der Waals surface area (Å²) >= 11 is 0. The van der Waals surface area contributed by atoms with Gasteiger partial charge in [-0.1, -0.05) is 66.7 Å². The van der Waals surface area contributed by atoms with Gasteiger partial charge < -0.3 is 4.74 Å². The molecule has 2 aliphatic heterocycles. The van der Waals surface area contributed by atoms with Crippen LogP contribution in [0.3, 0.4) is 0 Å². The highest BCUT2D eigenvalue weighted by Gasteiger charge is 2.71. The van der Waals surface area contributed by atoms with Gasteiger partial charge in [0, 0.05) is 5.56 Å². The summed E-state index contributed by atoms with van der Waals surface area (Å²) < 4.78 is 33.4. The van der Waals surface area contributed by atoms with Crippen molar-refractivity contribution in [3.63, 3.8) is 0 Å². The molecule has 1 spiro atoms. The van der Waals surface area contributed by atoms with Gasteiger partial charge in [-0.15, -0.1) is 0 Å². The molecule has 2 atom stereocenters. The molecule has 2 fully saturated rings. The zero-order chi connectivity index (χ0) is 22.3. The molecule has 3 aromatic rings. The Hall–Kier alpha value is -3.49. The largest absolute Gasteiger partial charge is 0.358 e. The molecule has 3 aromatic carbocycles. The fraction of sp³-hybridized carbons (Fsp3) is 0.167. The maximum absolute atomic E-state index is 13.6. The highest BCUT2D eigenvalue weighted by Crippen LogP contribution is 2.52. The van der Waals surface area contributed by atoms with E-state index in [0.717, 1.165) is 4.31 Å². The lowest BCUT2D eigenvalue weighted by molar-refractivity contribution is -0.158. The van der Waals surface area contributed by atoms with E-state index in [1.807, 2.05) is 6.07 Å². The van der Waals surface area contributed by atoms with Gasteiger partial charge in [0.2, 0.25) is 0 Å². The van der Waals surface area contributed by atoms with E-state index in [2.05, 4.69) is 0 Å². The number of sulfonamides is 1. The SMILES string of the molecule is O=C(c1ccccc1)N1COC[C@]12C(=O)N(S(=O)(=O)c1ccccc1)[C@H]2c1ccccc1. The normalized spacial score (nSPS) is 22.8. The van der Waals surface area contributed by atoms with Gasteiger partial charge in [-0.3, -0.25) is 14.5 Å². The Bertz CT molecular complexity index is 1270. The van der Waals surface area contributed by atoms with E-state index >= 15 is 0 Å². The number of β-lactam (4-membered cyclic amide) rings is 1. The molecule has 0 N–H and O–H groups in total. The average molecular weight is 449 g/mol. The number of hydrogen-bond donors (Lipinski definition) is 0. The number of amides is 2. The van der Waals surface area contributed by atoms with E-state index in [4.69, 9.17) is 4.74 Å². The summed E-state index contributed by atoms with van der Waals surface area (Å²) in [6.07, 6.45) is 0. The molecule has 0 bridgehead atoms. The fourth-order valence-electron chi connectivity index (χ4n) is 4.42. The Kier molecular flexibility index (Phi) is 4.83. The van der Waals surface area contributed by atoms with E-state index in [1.165, 1.54) is 17.0 Å². The van der Waals surface area contributed by atoms with E-state index < -0.39 is 27.5 Å². The third kappa shape index (κ3) is 2.87. The van der Waals surface area contributed by atoms with Crippen molar-refractivity contribution in [3.8, 4) is 0 Å². The standard InChI is InChI=1S/C24H20N2O5S/c27-22(19-12-6-2-7-13-19)25-17-31-16-24(25)21(18-10-4-1-5-11-18)26(23(24)28)32(29,30)20-14-8-3-9-15-20/h1-15,21H,16-17H2/t21-,24-/m0/s1. The molecule has 162 valence electrons. The number of carbonyl (C=O) groups excluding carboxylic acids is 2. The monoisotopic (exact) mass is 448 g/mol. The molecule has 0 aromatic heterocycles. The summed E-state index contributed by atoms with van der Waals surface area (Å²) in [7, 11) is -4.14. The third-order valence-electron chi connectivity index (χ3n) is 5.96. The quantitative estimate of drug-likeness (QED) is 0.573. The summed E-state index contributed by atoms with van der Waals surface area (Å²) in [5.74, 6) is -1.05. The zero-order valence-electron chi connectivity index (χ0n) is 17.0. The highest BCUT2D eigenvalue weighted by atomic mass is 32.2. The first-order chi connectivity index (χ1) is 15.5. The van der Waals surface area contributed by atoms with Gasteiger partial charge in [-0.05, 0) is 29.8 Å². The van der Waals surface area contributed by atoms with Crippen molar-refractivity contribution in [1.82, 2.24) is 9.21 Å². The zero-order valence-corrected chi connectivity index (χ0v) is 17.8. The molecule has 5 rings (SSSR count). The van der Waals surface area contributed by atoms with Crippen LogP contribution < -0.4 is 0 Å². The molecule has 0 aliphatic carbocycles. The maximum Gasteiger partial charge on any atom is 0.268 e. The van der Waals surface area contributed by atoms with E-state index in [-0.39, 0.29) is 24.1 Å². The molecule has 0 saturated carbocycles. The summed E-state index contributed by atoms with van der Waals surface area (Å²) in [5, 5.41) is 0. The molecule has 32 heavy (non-hydrogen) atoms. The van der Waals surface area contributed by atoms with Crippen LogP contribution in [-0.4, -0.2) is 48.3 Å². The Labute approximate surface area is 185 Å². The van der Waals surface area contributed by atoms with Crippen molar-refractivity contribution < 1.29 is 22.7 Å². The predicted octanol–water partition coefficient (Wildman–Crippen LogP) is 2.83. The number of nitrogens with zero attached hydrogens (tertiary/aromatic N) is 2. The fourth-order valence-corrected chi connectivity index (χ4v) is 6.10. The van der Waals surface area contributed by atoms with Gasteiger partial charge in [0.25, 0.3) is 21.8 Å². The Morgan fingerprint density at radius 2 is 1.44 bits per heavy atom.